The van der Waals surface area contributed by atoms with Crippen LogP contribution < -0.4 is 6.15 Å². The van der Waals surface area contributed by atoms with Crippen LogP contribution in [0.2, 0.25) is 0 Å². The molecule has 3 N–H and O–H groups in total. The lowest BCUT2D eigenvalue weighted by Gasteiger charge is -2.26. The smallest absolute Gasteiger partial charge is 0.0969 e. The largest absolute Gasteiger partial charge is 0.344 e. The van der Waals surface area contributed by atoms with E-state index in [1.807, 2.05) is 12.2 Å². The molecule has 0 amide bonds. The van der Waals surface area contributed by atoms with E-state index in [9.17, 15) is 0 Å². The lowest BCUT2D eigenvalue weighted by Crippen LogP contribution is -2.39. The van der Waals surface area contributed by atoms with Crippen molar-refractivity contribution in [2.75, 3.05) is 27.2 Å². The molecule has 0 saturated heterocycles. The van der Waals surface area contributed by atoms with Gasteiger partial charge in [-0.3, -0.25) is 0 Å². The van der Waals surface area contributed by atoms with Gasteiger partial charge in [0.25, 0.3) is 0 Å². The zero-order chi connectivity index (χ0) is 7.33. The van der Waals surface area contributed by atoms with Gasteiger partial charge in [0.15, 0.2) is 0 Å². The average Bonchev–Trinajstić information content (AvgIpc) is 1.64. The zero-order valence-electron chi connectivity index (χ0n) is 7.14. The first-order valence-electron chi connectivity index (χ1n) is 3.16. The van der Waals surface area contributed by atoms with Gasteiger partial charge in [0.1, 0.15) is 0 Å². The second kappa shape index (κ2) is 5.21. The summed E-state index contributed by atoms with van der Waals surface area (Å²) in [6.45, 7) is 9.37. The predicted molar refractivity (Wildman–Crippen MR) is 47.3 cm³/mol. The highest BCUT2D eigenvalue weighted by Crippen LogP contribution is 1.95. The van der Waals surface area contributed by atoms with Crippen LogP contribution in [0.5, 0.6) is 0 Å². The Labute approximate surface area is 64.0 Å². The third-order valence-corrected chi connectivity index (χ3v) is 1.25. The highest BCUT2D eigenvalue weighted by atomic mass is 15.3. The van der Waals surface area contributed by atoms with Crippen LogP contribution in [0.4, 0.5) is 0 Å². The number of nitrogens with zero attached hydrogens (tertiary/aromatic N) is 1. The van der Waals surface area contributed by atoms with Gasteiger partial charge >= 0.3 is 0 Å². The molecule has 0 fully saturated rings. The summed E-state index contributed by atoms with van der Waals surface area (Å²) in [7, 11) is 4.31. The number of hydrogen-bond donors (Lipinski definition) is 1. The summed E-state index contributed by atoms with van der Waals surface area (Å²) in [5.41, 5.74) is 0. The van der Waals surface area contributed by atoms with Gasteiger partial charge < -0.3 is 10.6 Å². The minimum absolute atomic E-state index is 0. The molecule has 0 aromatic heterocycles. The van der Waals surface area contributed by atoms with Crippen LogP contribution in [0.25, 0.3) is 0 Å². The molecule has 0 aliphatic rings. The first-order valence-corrected chi connectivity index (χ1v) is 3.16. The minimum atomic E-state index is 0. The topological polar surface area (TPSA) is 35.0 Å². The molecule has 0 unspecified atom stereocenters. The summed E-state index contributed by atoms with van der Waals surface area (Å²) in [6, 6.07) is 0. The van der Waals surface area contributed by atoms with Crippen molar-refractivity contribution in [3.63, 3.8) is 0 Å². The highest BCUT2D eigenvalue weighted by Gasteiger charge is 2.07. The molecule has 10 heavy (non-hydrogen) atoms. The van der Waals surface area contributed by atoms with Gasteiger partial charge in [-0.2, -0.15) is 0 Å². The van der Waals surface area contributed by atoms with E-state index < -0.39 is 0 Å². The van der Waals surface area contributed by atoms with Crippen molar-refractivity contribution in [2.45, 2.75) is 0 Å². The third kappa shape index (κ3) is 5.54. The fraction of sp³-hybridized carbons (Fsp3) is 0.500. The van der Waals surface area contributed by atoms with E-state index in [4.69, 9.17) is 0 Å². The molecule has 0 atom stereocenters. The lowest BCUT2D eigenvalue weighted by molar-refractivity contribution is -0.878. The van der Waals surface area contributed by atoms with Crippen molar-refractivity contribution in [2.24, 2.45) is 0 Å². The molecule has 0 bridgehead atoms. The van der Waals surface area contributed by atoms with Gasteiger partial charge in [0, 0.05) is 0 Å². The van der Waals surface area contributed by atoms with E-state index in [2.05, 4.69) is 27.3 Å². The minimum Gasteiger partial charge on any atom is -0.344 e. The highest BCUT2D eigenvalue weighted by molar-refractivity contribution is 4.69. The van der Waals surface area contributed by atoms with Crippen molar-refractivity contribution < 1.29 is 4.48 Å². The Kier molecular flexibility index (Phi) is 6.31. The number of hydrogen-bond acceptors (Lipinski definition) is 1. The molecule has 0 aromatic carbocycles. The van der Waals surface area contributed by atoms with E-state index in [0.29, 0.717) is 0 Å². The van der Waals surface area contributed by atoms with Crippen LogP contribution >= 0.6 is 0 Å². The molecular weight excluding hydrogens is 124 g/mol. The quantitative estimate of drug-likeness (QED) is 0.471. The molecule has 2 nitrogen and oxygen atoms in total. The van der Waals surface area contributed by atoms with E-state index >= 15 is 0 Å². The Bertz CT molecular complexity index is 93.8. The van der Waals surface area contributed by atoms with Crippen molar-refractivity contribution in [3.8, 4) is 0 Å². The van der Waals surface area contributed by atoms with Crippen LogP contribution in [0.3, 0.4) is 0 Å². The Balaban J connectivity index is 0. The van der Waals surface area contributed by atoms with E-state index in [-0.39, 0.29) is 6.15 Å². The van der Waals surface area contributed by atoms with Crippen LogP contribution in [-0.4, -0.2) is 31.7 Å². The maximum Gasteiger partial charge on any atom is 0.0969 e. The molecule has 0 rings (SSSR count). The van der Waals surface area contributed by atoms with Crippen molar-refractivity contribution in [1.29, 1.82) is 0 Å². The molecule has 0 heterocycles. The monoisotopic (exact) mass is 143 g/mol. The summed E-state index contributed by atoms with van der Waals surface area (Å²) in [4.78, 5) is 0. The maximum absolute atomic E-state index is 3.68. The van der Waals surface area contributed by atoms with Gasteiger partial charge in [0.2, 0.25) is 0 Å². The lowest BCUT2D eigenvalue weighted by atomic mass is 10.4. The van der Waals surface area contributed by atoms with Gasteiger partial charge in [-0.05, 0) is 12.2 Å². The fourth-order valence-electron chi connectivity index (χ4n) is 0.774. The molecular formula is C8H19N2+. The van der Waals surface area contributed by atoms with Crippen LogP contribution in [0, 0.1) is 0 Å². The molecule has 2 heteroatoms. The standard InChI is InChI=1S/C8H16N.H3N/c1-5-7-9(3,4)8-6-2;/h5-6H,1-2,7-8H2,3-4H3;1H3/q+1;. The summed E-state index contributed by atoms with van der Waals surface area (Å²) < 4.78 is 0.951. The third-order valence-electron chi connectivity index (χ3n) is 1.25. The van der Waals surface area contributed by atoms with Crippen LogP contribution in [0.1, 0.15) is 0 Å². The van der Waals surface area contributed by atoms with Gasteiger partial charge in [0.05, 0.1) is 27.2 Å². The van der Waals surface area contributed by atoms with Crippen molar-refractivity contribution in [1.82, 2.24) is 6.15 Å². The molecule has 0 aromatic rings. The van der Waals surface area contributed by atoms with E-state index in [0.717, 1.165) is 17.6 Å². The molecule has 60 valence electrons. The molecule has 0 spiro atoms. The van der Waals surface area contributed by atoms with Gasteiger partial charge in [-0.1, -0.05) is 13.2 Å². The Morgan fingerprint density at radius 2 is 1.40 bits per heavy atom. The fourth-order valence-corrected chi connectivity index (χ4v) is 0.774. The van der Waals surface area contributed by atoms with Gasteiger partial charge in [-0.25, -0.2) is 0 Å². The summed E-state index contributed by atoms with van der Waals surface area (Å²) in [5, 5.41) is 0. The second-order valence-electron chi connectivity index (χ2n) is 2.88. The Hall–Kier alpha value is -0.600. The normalized spacial score (nSPS) is 9.80. The number of rotatable bonds is 4. The predicted octanol–water partition coefficient (Wildman–Crippen LogP) is 1.60. The Morgan fingerprint density at radius 3 is 1.60 bits per heavy atom. The van der Waals surface area contributed by atoms with Gasteiger partial charge in [-0.15, -0.1) is 0 Å². The van der Waals surface area contributed by atoms with E-state index in [1.165, 1.54) is 0 Å². The molecule has 0 saturated carbocycles. The van der Waals surface area contributed by atoms with Crippen LogP contribution in [0.15, 0.2) is 25.3 Å². The van der Waals surface area contributed by atoms with Crippen LogP contribution in [-0.2, 0) is 0 Å². The second-order valence-corrected chi connectivity index (χ2v) is 2.88. The van der Waals surface area contributed by atoms with E-state index in [1.54, 1.807) is 0 Å². The van der Waals surface area contributed by atoms with Crippen molar-refractivity contribution >= 4 is 0 Å². The maximum atomic E-state index is 3.68. The summed E-state index contributed by atoms with van der Waals surface area (Å²) in [6.07, 6.45) is 3.87. The summed E-state index contributed by atoms with van der Waals surface area (Å²) >= 11 is 0. The first kappa shape index (κ1) is 12.1. The number of likely N-dealkylation sites (N-methyl/N-ethyl adjacent to an activating group) is 1. The van der Waals surface area contributed by atoms with Crippen molar-refractivity contribution in [3.05, 3.63) is 25.3 Å². The molecule has 0 aliphatic heterocycles. The Morgan fingerprint density at radius 1 is 1.10 bits per heavy atom. The SMILES string of the molecule is C=CC[N+](C)(C)CC=C.N. The summed E-state index contributed by atoms with van der Waals surface area (Å²) in [5.74, 6) is 0. The first-order chi connectivity index (χ1) is 4.12. The zero-order valence-corrected chi connectivity index (χ0v) is 7.14. The average molecular weight is 143 g/mol. The molecule has 0 aliphatic carbocycles. The molecule has 0 radical (unpaired) electrons. The number of quaternary nitrogens is 1.